The van der Waals surface area contributed by atoms with Gasteiger partial charge in [0.25, 0.3) is 0 Å². The van der Waals surface area contributed by atoms with Crippen LogP contribution in [0.5, 0.6) is 0 Å². The van der Waals surface area contributed by atoms with E-state index in [-0.39, 0.29) is 0 Å². The van der Waals surface area contributed by atoms with Crippen LogP contribution in [-0.4, -0.2) is 23.4 Å². The van der Waals surface area contributed by atoms with E-state index in [1.165, 1.54) is 77.0 Å². The van der Waals surface area contributed by atoms with E-state index >= 15 is 0 Å². The molecule has 0 bridgehead atoms. The largest absolute Gasteiger partial charge is 0.396 e. The molecule has 1 atom stereocenters. The third kappa shape index (κ3) is 14.3. The SMILES string of the molecule is CCCCCCCC(CCO)CCCCCCCCO. The van der Waals surface area contributed by atoms with E-state index in [2.05, 4.69) is 6.92 Å². The van der Waals surface area contributed by atoms with Crippen molar-refractivity contribution in [1.82, 2.24) is 0 Å². The van der Waals surface area contributed by atoms with Crippen molar-refractivity contribution in [3.8, 4) is 0 Å². The Balaban J connectivity index is 3.44. The monoisotopic (exact) mass is 286 g/mol. The third-order valence-corrected chi connectivity index (χ3v) is 4.27. The Hall–Kier alpha value is -0.0800. The van der Waals surface area contributed by atoms with Gasteiger partial charge in [-0.05, 0) is 18.8 Å². The van der Waals surface area contributed by atoms with Gasteiger partial charge in [-0.25, -0.2) is 0 Å². The van der Waals surface area contributed by atoms with Crippen LogP contribution in [0.2, 0.25) is 0 Å². The molecule has 0 spiro atoms. The number of aliphatic hydroxyl groups excluding tert-OH is 2. The van der Waals surface area contributed by atoms with Crippen LogP contribution in [0, 0.1) is 5.92 Å². The lowest BCUT2D eigenvalue weighted by Crippen LogP contribution is -2.03. The molecule has 0 saturated heterocycles. The van der Waals surface area contributed by atoms with Gasteiger partial charge in [-0.1, -0.05) is 84.0 Å². The molecule has 2 heteroatoms. The smallest absolute Gasteiger partial charge is 0.0433 e. The van der Waals surface area contributed by atoms with Crippen molar-refractivity contribution in [1.29, 1.82) is 0 Å². The molecule has 2 N–H and O–H groups in total. The van der Waals surface area contributed by atoms with Gasteiger partial charge in [0.05, 0.1) is 0 Å². The molecule has 0 aliphatic rings. The average Bonchev–Trinajstić information content (AvgIpc) is 2.46. The fraction of sp³-hybridized carbons (Fsp3) is 1.00. The molecule has 0 aliphatic heterocycles. The van der Waals surface area contributed by atoms with E-state index in [0.29, 0.717) is 13.2 Å². The minimum absolute atomic E-state index is 0.344. The number of hydrogen-bond donors (Lipinski definition) is 2. The van der Waals surface area contributed by atoms with Gasteiger partial charge in [0.15, 0.2) is 0 Å². The van der Waals surface area contributed by atoms with Gasteiger partial charge < -0.3 is 10.2 Å². The minimum Gasteiger partial charge on any atom is -0.396 e. The van der Waals surface area contributed by atoms with E-state index in [1.54, 1.807) is 0 Å². The minimum atomic E-state index is 0.344. The summed E-state index contributed by atoms with van der Waals surface area (Å²) < 4.78 is 0. The lowest BCUT2D eigenvalue weighted by atomic mass is 9.92. The highest BCUT2D eigenvalue weighted by Crippen LogP contribution is 2.21. The zero-order valence-electron chi connectivity index (χ0n) is 13.8. The van der Waals surface area contributed by atoms with Crippen LogP contribution in [-0.2, 0) is 0 Å². The molecule has 0 aromatic rings. The van der Waals surface area contributed by atoms with Crippen LogP contribution in [0.15, 0.2) is 0 Å². The zero-order chi connectivity index (χ0) is 14.9. The highest BCUT2D eigenvalue weighted by molar-refractivity contribution is 4.60. The fourth-order valence-electron chi connectivity index (χ4n) is 2.90. The van der Waals surface area contributed by atoms with Gasteiger partial charge in [0.2, 0.25) is 0 Å². The first-order chi connectivity index (χ1) is 9.85. The van der Waals surface area contributed by atoms with Gasteiger partial charge >= 0.3 is 0 Å². The summed E-state index contributed by atoms with van der Waals surface area (Å²) in [6, 6.07) is 0. The van der Waals surface area contributed by atoms with E-state index in [4.69, 9.17) is 10.2 Å². The summed E-state index contributed by atoms with van der Waals surface area (Å²) in [5.41, 5.74) is 0. The molecule has 0 radical (unpaired) electrons. The lowest BCUT2D eigenvalue weighted by molar-refractivity contribution is 0.241. The molecular formula is C18H38O2. The van der Waals surface area contributed by atoms with Gasteiger partial charge in [-0.15, -0.1) is 0 Å². The van der Waals surface area contributed by atoms with Crippen LogP contribution < -0.4 is 0 Å². The van der Waals surface area contributed by atoms with Crippen LogP contribution in [0.3, 0.4) is 0 Å². The van der Waals surface area contributed by atoms with Crippen molar-refractivity contribution in [2.24, 2.45) is 5.92 Å². The maximum Gasteiger partial charge on any atom is 0.0433 e. The van der Waals surface area contributed by atoms with E-state index in [0.717, 1.165) is 18.8 Å². The summed E-state index contributed by atoms with van der Waals surface area (Å²) in [7, 11) is 0. The molecule has 20 heavy (non-hydrogen) atoms. The van der Waals surface area contributed by atoms with Crippen molar-refractivity contribution >= 4 is 0 Å². The number of aliphatic hydroxyl groups is 2. The van der Waals surface area contributed by atoms with E-state index < -0.39 is 0 Å². The van der Waals surface area contributed by atoms with Gasteiger partial charge in [-0.2, -0.15) is 0 Å². The highest BCUT2D eigenvalue weighted by atomic mass is 16.3. The summed E-state index contributed by atoms with van der Waals surface area (Å²) in [5, 5.41) is 17.9. The van der Waals surface area contributed by atoms with Crippen molar-refractivity contribution in [2.75, 3.05) is 13.2 Å². The summed E-state index contributed by atoms with van der Waals surface area (Å²) in [6.45, 7) is 2.96. The maximum atomic E-state index is 9.15. The molecule has 0 amide bonds. The van der Waals surface area contributed by atoms with E-state index in [9.17, 15) is 0 Å². The molecule has 0 aliphatic carbocycles. The first-order valence-electron chi connectivity index (χ1n) is 9.06. The second kappa shape index (κ2) is 17.0. The molecular weight excluding hydrogens is 248 g/mol. The molecule has 2 nitrogen and oxygen atoms in total. The van der Waals surface area contributed by atoms with Crippen molar-refractivity contribution in [3.05, 3.63) is 0 Å². The van der Waals surface area contributed by atoms with Crippen molar-refractivity contribution in [3.63, 3.8) is 0 Å². The van der Waals surface area contributed by atoms with Crippen LogP contribution >= 0.6 is 0 Å². The normalized spacial score (nSPS) is 12.8. The van der Waals surface area contributed by atoms with Crippen LogP contribution in [0.1, 0.15) is 96.8 Å². The lowest BCUT2D eigenvalue weighted by Gasteiger charge is -2.15. The second-order valence-electron chi connectivity index (χ2n) is 6.21. The Kier molecular flexibility index (Phi) is 16.9. The number of unbranched alkanes of at least 4 members (excludes halogenated alkanes) is 9. The average molecular weight is 286 g/mol. The predicted octanol–water partition coefficient (Wildman–Crippen LogP) is 5.07. The first-order valence-corrected chi connectivity index (χ1v) is 9.06. The molecule has 0 heterocycles. The van der Waals surface area contributed by atoms with Crippen LogP contribution in [0.25, 0.3) is 0 Å². The Bertz CT molecular complexity index is 171. The topological polar surface area (TPSA) is 40.5 Å². The maximum absolute atomic E-state index is 9.15. The predicted molar refractivity (Wildman–Crippen MR) is 88.0 cm³/mol. The second-order valence-corrected chi connectivity index (χ2v) is 6.21. The van der Waals surface area contributed by atoms with E-state index in [1.807, 2.05) is 0 Å². The fourth-order valence-corrected chi connectivity index (χ4v) is 2.90. The Morgan fingerprint density at radius 2 is 1.05 bits per heavy atom. The van der Waals surface area contributed by atoms with Crippen LogP contribution in [0.4, 0.5) is 0 Å². The van der Waals surface area contributed by atoms with Gasteiger partial charge in [0.1, 0.15) is 0 Å². The van der Waals surface area contributed by atoms with Gasteiger partial charge in [0, 0.05) is 13.2 Å². The summed E-state index contributed by atoms with van der Waals surface area (Å²) >= 11 is 0. The first kappa shape index (κ1) is 19.9. The number of hydrogen-bond acceptors (Lipinski definition) is 2. The molecule has 1 unspecified atom stereocenters. The summed E-state index contributed by atoms with van der Waals surface area (Å²) in [4.78, 5) is 0. The molecule has 0 aromatic carbocycles. The number of rotatable bonds is 16. The zero-order valence-corrected chi connectivity index (χ0v) is 13.8. The standard InChI is InChI=1S/C18H38O2/c1-2-3-4-7-10-13-18(15-17-20)14-11-8-5-6-9-12-16-19/h18-20H,2-17H2,1H3. The Morgan fingerprint density at radius 3 is 1.55 bits per heavy atom. The Morgan fingerprint density at radius 1 is 0.550 bits per heavy atom. The quantitative estimate of drug-likeness (QED) is 0.389. The Labute approximate surface area is 127 Å². The molecule has 0 fully saturated rings. The molecule has 122 valence electrons. The van der Waals surface area contributed by atoms with Crippen molar-refractivity contribution < 1.29 is 10.2 Å². The van der Waals surface area contributed by atoms with Gasteiger partial charge in [-0.3, -0.25) is 0 Å². The summed E-state index contributed by atoms with van der Waals surface area (Å²) in [5.74, 6) is 0.749. The highest BCUT2D eigenvalue weighted by Gasteiger charge is 2.07. The molecule has 0 rings (SSSR count). The van der Waals surface area contributed by atoms with Crippen molar-refractivity contribution in [2.45, 2.75) is 96.8 Å². The third-order valence-electron chi connectivity index (χ3n) is 4.27. The molecule has 0 saturated carbocycles. The molecule has 0 aromatic heterocycles. The summed E-state index contributed by atoms with van der Waals surface area (Å²) in [6.07, 6.45) is 17.8.